The van der Waals surface area contributed by atoms with Crippen molar-refractivity contribution >= 4 is 13.6 Å². The van der Waals surface area contributed by atoms with E-state index in [0.717, 1.165) is 0 Å². The van der Waals surface area contributed by atoms with Gasteiger partial charge in [0.15, 0.2) is 19.9 Å². The highest BCUT2D eigenvalue weighted by atomic mass is 19.1. The smallest absolute Gasteiger partial charge is 0.181 e. The lowest BCUT2D eigenvalue weighted by Gasteiger charge is -2.05. The van der Waals surface area contributed by atoms with Gasteiger partial charge in [0.25, 0.3) is 0 Å². The zero-order valence-electron chi connectivity index (χ0n) is 6.56. The van der Waals surface area contributed by atoms with E-state index in [9.17, 15) is 9.18 Å². The largest absolute Gasteiger partial charge is 0.349 e. The Morgan fingerprint density at radius 2 is 2.20 bits per heavy atom. The minimum absolute atomic E-state index is 0.0653. The van der Waals surface area contributed by atoms with Gasteiger partial charge in [0.1, 0.15) is 6.61 Å². The van der Waals surface area contributed by atoms with E-state index in [1.165, 1.54) is 7.85 Å². The van der Waals surface area contributed by atoms with E-state index in [0.29, 0.717) is 0 Å². The molecule has 0 N–H and O–H groups in total. The lowest BCUT2D eigenvalue weighted by atomic mass is 10.1. The molecule has 2 nitrogen and oxygen atoms in total. The van der Waals surface area contributed by atoms with Crippen molar-refractivity contribution < 1.29 is 13.9 Å². The van der Waals surface area contributed by atoms with Crippen LogP contribution in [0.1, 0.15) is 13.8 Å². The highest BCUT2D eigenvalue weighted by Gasteiger charge is 2.08. The van der Waals surface area contributed by atoms with Crippen molar-refractivity contribution in [2.24, 2.45) is 5.92 Å². The second-order valence-corrected chi connectivity index (χ2v) is 2.48. The molecule has 0 aliphatic rings. The average molecular weight is 146 g/mol. The Labute approximate surface area is 61.2 Å². The summed E-state index contributed by atoms with van der Waals surface area (Å²) in [6, 6.07) is 0. The zero-order chi connectivity index (χ0) is 8.15. The number of alkyl halides is 1. The molecule has 0 heterocycles. The van der Waals surface area contributed by atoms with Gasteiger partial charge in [-0.05, 0) is 0 Å². The van der Waals surface area contributed by atoms with Crippen molar-refractivity contribution in [2.45, 2.75) is 20.1 Å². The van der Waals surface area contributed by atoms with Gasteiger partial charge in [0.2, 0.25) is 0 Å². The summed E-state index contributed by atoms with van der Waals surface area (Å²) in [6.45, 7) is 3.40. The molecule has 0 aromatic rings. The fourth-order valence-corrected chi connectivity index (χ4v) is 0.364. The molecule has 10 heavy (non-hydrogen) atoms. The summed E-state index contributed by atoms with van der Waals surface area (Å²) in [5.74, 6) is -0.136. The molecule has 0 spiro atoms. The Morgan fingerprint density at radius 3 is 2.50 bits per heavy atom. The van der Waals surface area contributed by atoms with Crippen molar-refractivity contribution in [3.05, 3.63) is 0 Å². The van der Waals surface area contributed by atoms with Crippen LogP contribution in [-0.4, -0.2) is 26.5 Å². The van der Waals surface area contributed by atoms with Crippen molar-refractivity contribution in [3.8, 4) is 0 Å². The van der Waals surface area contributed by atoms with Crippen LogP contribution in [0.2, 0.25) is 0 Å². The quantitative estimate of drug-likeness (QED) is 0.526. The van der Waals surface area contributed by atoms with Crippen LogP contribution in [0.4, 0.5) is 4.39 Å². The Balaban J connectivity index is 3.40. The van der Waals surface area contributed by atoms with Crippen molar-refractivity contribution in [1.82, 2.24) is 0 Å². The van der Waals surface area contributed by atoms with Crippen molar-refractivity contribution in [2.75, 3.05) is 6.61 Å². The van der Waals surface area contributed by atoms with Crippen LogP contribution in [-0.2, 0) is 9.53 Å². The van der Waals surface area contributed by atoms with E-state index in [1.807, 2.05) is 0 Å². The molecule has 0 aliphatic carbocycles. The van der Waals surface area contributed by atoms with Crippen LogP contribution in [0.5, 0.6) is 0 Å². The summed E-state index contributed by atoms with van der Waals surface area (Å²) < 4.78 is 16.4. The molecule has 0 amide bonds. The second kappa shape index (κ2) is 4.44. The van der Waals surface area contributed by atoms with E-state index >= 15 is 0 Å². The van der Waals surface area contributed by atoms with Gasteiger partial charge in [-0.15, -0.1) is 0 Å². The van der Waals surface area contributed by atoms with Crippen molar-refractivity contribution in [1.29, 1.82) is 0 Å². The number of carbonyl (C=O) groups excluding carboxylic acids is 1. The molecular formula is C6H12BFO2. The standard InChI is InChI=1S/C6H12BFO2/c1-4(2)5(9)3-10-6(7)8/h4,6H,3,7H2,1-2H3. The topological polar surface area (TPSA) is 26.3 Å². The molecule has 58 valence electrons. The monoisotopic (exact) mass is 146 g/mol. The molecule has 0 radical (unpaired) electrons. The lowest BCUT2D eigenvalue weighted by Crippen LogP contribution is -2.18. The predicted molar refractivity (Wildman–Crippen MR) is 39.2 cm³/mol. The van der Waals surface area contributed by atoms with Crippen LogP contribution >= 0.6 is 0 Å². The number of hydrogen-bond acceptors (Lipinski definition) is 2. The summed E-state index contributed by atoms with van der Waals surface area (Å²) in [5, 5.41) is 0. The summed E-state index contributed by atoms with van der Waals surface area (Å²) >= 11 is 0. The highest BCUT2D eigenvalue weighted by molar-refractivity contribution is 6.09. The van der Waals surface area contributed by atoms with E-state index in [-0.39, 0.29) is 18.3 Å². The lowest BCUT2D eigenvalue weighted by molar-refractivity contribution is -0.129. The van der Waals surface area contributed by atoms with Crippen LogP contribution < -0.4 is 0 Å². The number of ketones is 1. The first-order chi connectivity index (χ1) is 4.54. The molecule has 0 bridgehead atoms. The number of carbonyl (C=O) groups is 1. The summed E-state index contributed by atoms with van der Waals surface area (Å²) in [7, 11) is 1.26. The number of Topliss-reactive ketones (excluding diaryl/α,β-unsaturated/α-hetero) is 1. The maximum absolute atomic E-state index is 12.0. The first-order valence-electron chi connectivity index (χ1n) is 3.32. The Morgan fingerprint density at radius 1 is 1.70 bits per heavy atom. The Hall–Kier alpha value is -0.375. The number of ether oxygens (including phenoxy) is 1. The van der Waals surface area contributed by atoms with E-state index in [2.05, 4.69) is 4.74 Å². The van der Waals surface area contributed by atoms with Gasteiger partial charge >= 0.3 is 0 Å². The van der Waals surface area contributed by atoms with Gasteiger partial charge in [-0.2, -0.15) is 0 Å². The molecule has 0 aliphatic heterocycles. The van der Waals surface area contributed by atoms with Crippen LogP contribution in [0.15, 0.2) is 0 Å². The van der Waals surface area contributed by atoms with E-state index < -0.39 is 6.26 Å². The highest BCUT2D eigenvalue weighted by Crippen LogP contribution is 1.96. The van der Waals surface area contributed by atoms with E-state index in [1.54, 1.807) is 13.8 Å². The SMILES string of the molecule is BC(F)OCC(=O)C(C)C. The third-order valence-electron chi connectivity index (χ3n) is 1.10. The molecule has 4 heteroatoms. The molecule has 1 atom stereocenters. The van der Waals surface area contributed by atoms with Crippen LogP contribution in [0, 0.1) is 5.92 Å². The second-order valence-electron chi connectivity index (χ2n) is 2.48. The first kappa shape index (κ1) is 9.62. The molecular weight excluding hydrogens is 134 g/mol. The zero-order valence-corrected chi connectivity index (χ0v) is 6.56. The minimum atomic E-state index is -1.34. The molecule has 0 aromatic carbocycles. The number of rotatable bonds is 4. The first-order valence-corrected chi connectivity index (χ1v) is 3.32. The fourth-order valence-electron chi connectivity index (χ4n) is 0.364. The Bertz CT molecular complexity index is 114. The van der Waals surface area contributed by atoms with Crippen molar-refractivity contribution in [3.63, 3.8) is 0 Å². The van der Waals surface area contributed by atoms with Gasteiger partial charge in [-0.25, -0.2) is 4.39 Å². The van der Waals surface area contributed by atoms with Gasteiger partial charge in [0.05, 0.1) is 0 Å². The minimum Gasteiger partial charge on any atom is -0.349 e. The summed E-state index contributed by atoms with van der Waals surface area (Å²) in [6.07, 6.45) is -1.34. The van der Waals surface area contributed by atoms with E-state index in [4.69, 9.17) is 0 Å². The molecule has 0 saturated heterocycles. The maximum Gasteiger partial charge on any atom is 0.181 e. The third-order valence-corrected chi connectivity index (χ3v) is 1.10. The van der Waals surface area contributed by atoms with Crippen LogP contribution in [0.3, 0.4) is 0 Å². The molecule has 0 saturated carbocycles. The average Bonchev–Trinajstić information content (AvgIpc) is 1.82. The predicted octanol–water partition coefficient (Wildman–Crippen LogP) is 0.114. The van der Waals surface area contributed by atoms with Crippen LogP contribution in [0.25, 0.3) is 0 Å². The van der Waals surface area contributed by atoms with Gasteiger partial charge < -0.3 is 4.74 Å². The third kappa shape index (κ3) is 4.50. The number of hydrogen-bond donors (Lipinski definition) is 0. The maximum atomic E-state index is 12.0. The number of halogens is 1. The van der Waals surface area contributed by atoms with Gasteiger partial charge in [-0.3, -0.25) is 4.79 Å². The van der Waals surface area contributed by atoms with Gasteiger partial charge in [0, 0.05) is 5.92 Å². The normalized spacial score (nSPS) is 13.6. The molecule has 0 aromatic heterocycles. The molecule has 0 fully saturated rings. The van der Waals surface area contributed by atoms with Gasteiger partial charge in [-0.1, -0.05) is 13.8 Å². The summed E-state index contributed by atoms with van der Waals surface area (Å²) in [5.41, 5.74) is 0. The molecule has 1 unspecified atom stereocenters. The Kier molecular flexibility index (Phi) is 4.28. The summed E-state index contributed by atoms with van der Waals surface area (Å²) in [4.78, 5) is 10.8. The molecule has 0 rings (SSSR count). The fraction of sp³-hybridized carbons (Fsp3) is 0.833.